The van der Waals surface area contributed by atoms with Gasteiger partial charge in [0.25, 0.3) is 0 Å². The summed E-state index contributed by atoms with van der Waals surface area (Å²) in [5, 5.41) is 0. The third-order valence-corrected chi connectivity index (χ3v) is 12.6. The quantitative estimate of drug-likeness (QED) is 0.0328. The fourth-order valence-corrected chi connectivity index (χ4v) is 8.23. The Kier molecular flexibility index (Phi) is 46.4. The number of hydrogen-bond donors (Lipinski definition) is 0. The van der Waals surface area contributed by atoms with Crippen molar-refractivity contribution >= 4 is 29.8 Å². The molecule has 0 heterocycles. The van der Waals surface area contributed by atoms with Crippen LogP contribution in [0, 0.1) is 5.92 Å². The Morgan fingerprint density at radius 1 is 0.328 bits per heavy atom. The second-order valence-electron chi connectivity index (χ2n) is 19.7. The second kappa shape index (κ2) is 48.3. The molecule has 0 aliphatic rings. The minimum atomic E-state index is -0.527. The van der Waals surface area contributed by atoms with E-state index in [4.69, 9.17) is 23.7 Å². The first-order chi connectivity index (χ1) is 32.5. The molecule has 0 radical (unpaired) electrons. The molecule has 0 N–H and O–H groups in total. The first-order valence-electron chi connectivity index (χ1n) is 28.0. The maximum Gasteiger partial charge on any atom is 0.306 e. The van der Waals surface area contributed by atoms with Gasteiger partial charge in [-0.15, -0.1) is 0 Å². The molecular formula is C56H105NO10. The summed E-state index contributed by atoms with van der Waals surface area (Å²) in [6, 6.07) is 0. The SMILES string of the molecule is CCCCCCCCC(CCCCCCCC)OC(=O)CCCCC(=O)OCC(COC(=O)CCCCC(=O)OC(CCCCCCCC)CCCCCCCC)COC(=O)CCCN(C)C. The standard InChI is InChI=1S/C56H105NO10/c1-7-11-15-19-23-27-36-50(37-28-24-20-16-12-8-2)66-55(61)42-33-31-40-52(58)63-46-49(48-65-54(60)44-35-45-57(5)6)47-64-53(59)41-32-34-43-56(62)67-51(38-29-25-21-17-13-9-3)39-30-26-22-18-14-10-4/h49-51H,7-48H2,1-6H3. The number of nitrogens with zero attached hydrogens (tertiary/aromatic N) is 1. The molecule has 0 spiro atoms. The smallest absolute Gasteiger partial charge is 0.306 e. The van der Waals surface area contributed by atoms with E-state index in [1.165, 1.54) is 128 Å². The molecule has 0 amide bonds. The molecule has 67 heavy (non-hydrogen) atoms. The van der Waals surface area contributed by atoms with Crippen LogP contribution in [0.25, 0.3) is 0 Å². The van der Waals surface area contributed by atoms with Crippen molar-refractivity contribution in [2.24, 2.45) is 5.92 Å². The van der Waals surface area contributed by atoms with E-state index in [9.17, 15) is 24.0 Å². The molecule has 0 aromatic carbocycles. The Morgan fingerprint density at radius 2 is 0.582 bits per heavy atom. The summed E-state index contributed by atoms with van der Waals surface area (Å²) in [5.74, 6) is -2.11. The van der Waals surface area contributed by atoms with E-state index in [1.807, 2.05) is 19.0 Å². The largest absolute Gasteiger partial charge is 0.465 e. The Balaban J connectivity index is 4.91. The van der Waals surface area contributed by atoms with Crippen molar-refractivity contribution in [1.29, 1.82) is 0 Å². The van der Waals surface area contributed by atoms with Gasteiger partial charge < -0.3 is 28.6 Å². The van der Waals surface area contributed by atoms with Crippen molar-refractivity contribution in [2.45, 2.75) is 284 Å². The summed E-state index contributed by atoms with van der Waals surface area (Å²) < 4.78 is 28.6. The van der Waals surface area contributed by atoms with Crippen LogP contribution in [-0.4, -0.2) is 87.4 Å². The minimum Gasteiger partial charge on any atom is -0.465 e. The van der Waals surface area contributed by atoms with Crippen LogP contribution in [0.5, 0.6) is 0 Å². The number of ether oxygens (including phenoxy) is 5. The zero-order valence-electron chi connectivity index (χ0n) is 44.5. The van der Waals surface area contributed by atoms with Gasteiger partial charge in [0, 0.05) is 32.1 Å². The fourth-order valence-electron chi connectivity index (χ4n) is 8.23. The summed E-state index contributed by atoms with van der Waals surface area (Å²) in [7, 11) is 3.88. The molecule has 0 fully saturated rings. The van der Waals surface area contributed by atoms with Gasteiger partial charge >= 0.3 is 29.8 Å². The lowest BCUT2D eigenvalue weighted by Gasteiger charge is -2.19. The molecule has 11 nitrogen and oxygen atoms in total. The van der Waals surface area contributed by atoms with Crippen molar-refractivity contribution in [1.82, 2.24) is 4.90 Å². The van der Waals surface area contributed by atoms with Gasteiger partial charge in [0.1, 0.15) is 32.0 Å². The van der Waals surface area contributed by atoms with Crippen LogP contribution >= 0.6 is 0 Å². The fraction of sp³-hybridized carbons (Fsp3) is 0.911. The van der Waals surface area contributed by atoms with E-state index in [1.54, 1.807) is 0 Å². The molecule has 0 aromatic rings. The average molecular weight is 952 g/mol. The van der Waals surface area contributed by atoms with Gasteiger partial charge in [-0.3, -0.25) is 24.0 Å². The highest BCUT2D eigenvalue weighted by Crippen LogP contribution is 2.20. The molecule has 0 aromatic heterocycles. The Labute approximate surface area is 411 Å². The summed E-state index contributed by atoms with van der Waals surface area (Å²) in [5.41, 5.74) is 0. The molecule has 0 saturated heterocycles. The summed E-state index contributed by atoms with van der Waals surface area (Å²) in [6.45, 7) is 9.47. The predicted molar refractivity (Wildman–Crippen MR) is 273 cm³/mol. The van der Waals surface area contributed by atoms with Crippen molar-refractivity contribution < 1.29 is 47.7 Å². The highest BCUT2D eigenvalue weighted by Gasteiger charge is 2.20. The summed E-state index contributed by atoms with van der Waals surface area (Å²) in [6.07, 6.45) is 36.3. The number of esters is 5. The van der Waals surface area contributed by atoms with Gasteiger partial charge in [0.2, 0.25) is 0 Å². The molecule has 0 aliphatic carbocycles. The maximum atomic E-state index is 12.8. The topological polar surface area (TPSA) is 135 Å². The zero-order valence-corrected chi connectivity index (χ0v) is 44.5. The van der Waals surface area contributed by atoms with Crippen molar-refractivity contribution in [3.63, 3.8) is 0 Å². The van der Waals surface area contributed by atoms with Crippen LogP contribution in [0.15, 0.2) is 0 Å². The van der Waals surface area contributed by atoms with Gasteiger partial charge in [0.15, 0.2) is 0 Å². The van der Waals surface area contributed by atoms with Crippen LogP contribution in [0.3, 0.4) is 0 Å². The maximum absolute atomic E-state index is 12.8. The molecule has 0 rings (SSSR count). The molecule has 0 atom stereocenters. The normalized spacial score (nSPS) is 11.5. The molecular weight excluding hydrogens is 847 g/mol. The van der Waals surface area contributed by atoms with Gasteiger partial charge in [-0.25, -0.2) is 0 Å². The lowest BCUT2D eigenvalue weighted by Crippen LogP contribution is -2.26. The van der Waals surface area contributed by atoms with Crippen LogP contribution in [-0.2, 0) is 47.7 Å². The summed E-state index contributed by atoms with van der Waals surface area (Å²) >= 11 is 0. The van der Waals surface area contributed by atoms with E-state index in [-0.39, 0.29) is 82.0 Å². The number of carbonyl (C=O) groups is 5. The highest BCUT2D eigenvalue weighted by atomic mass is 16.6. The zero-order chi connectivity index (χ0) is 49.4. The van der Waals surface area contributed by atoms with E-state index >= 15 is 0 Å². The predicted octanol–water partition coefficient (Wildman–Crippen LogP) is 14.5. The molecule has 0 saturated carbocycles. The Bertz CT molecular complexity index is 1070. The van der Waals surface area contributed by atoms with E-state index < -0.39 is 17.9 Å². The first kappa shape index (κ1) is 64.3. The van der Waals surface area contributed by atoms with Crippen molar-refractivity contribution in [3.05, 3.63) is 0 Å². The Morgan fingerprint density at radius 3 is 0.866 bits per heavy atom. The molecule has 11 heteroatoms. The van der Waals surface area contributed by atoms with Crippen LogP contribution in [0.2, 0.25) is 0 Å². The number of carbonyl (C=O) groups excluding carboxylic acids is 5. The first-order valence-corrected chi connectivity index (χ1v) is 28.0. The lowest BCUT2D eigenvalue weighted by molar-refractivity contribution is -0.155. The monoisotopic (exact) mass is 952 g/mol. The molecule has 0 aliphatic heterocycles. The Hall–Kier alpha value is -2.69. The number of unbranched alkanes of at least 4 members (excludes halogenated alkanes) is 22. The van der Waals surface area contributed by atoms with Gasteiger partial charge in [-0.1, -0.05) is 156 Å². The second-order valence-corrected chi connectivity index (χ2v) is 19.7. The van der Waals surface area contributed by atoms with Crippen LogP contribution < -0.4 is 0 Å². The van der Waals surface area contributed by atoms with Crippen molar-refractivity contribution in [3.8, 4) is 0 Å². The van der Waals surface area contributed by atoms with Crippen LogP contribution in [0.1, 0.15) is 272 Å². The highest BCUT2D eigenvalue weighted by molar-refractivity contribution is 5.71. The number of rotatable bonds is 50. The third kappa shape index (κ3) is 45.5. The minimum absolute atomic E-state index is 0.0383. The summed E-state index contributed by atoms with van der Waals surface area (Å²) in [4.78, 5) is 65.7. The van der Waals surface area contributed by atoms with E-state index in [0.717, 1.165) is 57.9 Å². The lowest BCUT2D eigenvalue weighted by atomic mass is 10.0. The van der Waals surface area contributed by atoms with Gasteiger partial charge in [-0.2, -0.15) is 0 Å². The van der Waals surface area contributed by atoms with Gasteiger partial charge in [0.05, 0.1) is 5.92 Å². The third-order valence-electron chi connectivity index (χ3n) is 12.6. The molecule has 0 bridgehead atoms. The van der Waals surface area contributed by atoms with E-state index in [2.05, 4.69) is 27.7 Å². The van der Waals surface area contributed by atoms with Crippen LogP contribution in [0.4, 0.5) is 0 Å². The van der Waals surface area contributed by atoms with Gasteiger partial charge in [-0.05, 0) is 104 Å². The average Bonchev–Trinajstić information content (AvgIpc) is 3.30. The molecule has 0 unspecified atom stereocenters. The molecule has 394 valence electrons. The van der Waals surface area contributed by atoms with Crippen molar-refractivity contribution in [2.75, 3.05) is 40.5 Å². The van der Waals surface area contributed by atoms with E-state index in [0.29, 0.717) is 32.1 Å². The number of hydrogen-bond acceptors (Lipinski definition) is 11.